The van der Waals surface area contributed by atoms with Crippen LogP contribution in [0.5, 0.6) is 0 Å². The predicted molar refractivity (Wildman–Crippen MR) is 63.1 cm³/mol. The molecule has 0 aromatic rings. The molecule has 1 heterocycles. The molecule has 0 unspecified atom stereocenters. The van der Waals surface area contributed by atoms with Crippen LogP contribution in [-0.2, 0) is 4.12 Å². The predicted octanol–water partition coefficient (Wildman–Crippen LogP) is 3.21. The standard InChI is InChI=1S/C8H22OSi3/c1-10(2,3)9-12(6)7-11(4,5)8-12/h7-8H2,1-6H3. The van der Waals surface area contributed by atoms with Crippen molar-refractivity contribution in [3.05, 3.63) is 0 Å². The third-order valence-corrected chi connectivity index (χ3v) is 20.3. The summed E-state index contributed by atoms with van der Waals surface area (Å²) in [5, 5.41) is 0. The van der Waals surface area contributed by atoms with Crippen molar-refractivity contribution < 1.29 is 4.12 Å². The monoisotopic (exact) mass is 218 g/mol. The molecule has 0 amide bonds. The molecule has 1 aliphatic heterocycles. The van der Waals surface area contributed by atoms with Crippen LogP contribution in [0.25, 0.3) is 0 Å². The third-order valence-electron chi connectivity index (χ3n) is 2.26. The molecule has 1 fully saturated rings. The van der Waals surface area contributed by atoms with Gasteiger partial charge in [0.2, 0.25) is 0 Å². The Kier molecular flexibility index (Phi) is 2.49. The summed E-state index contributed by atoms with van der Waals surface area (Å²) in [6, 6.07) is 0. The fourth-order valence-electron chi connectivity index (χ4n) is 2.78. The van der Waals surface area contributed by atoms with E-state index in [1.807, 2.05) is 0 Å². The van der Waals surface area contributed by atoms with Gasteiger partial charge in [-0.15, -0.1) is 0 Å². The summed E-state index contributed by atoms with van der Waals surface area (Å²) in [6.07, 6.45) is 0. The number of hydrogen-bond donors (Lipinski definition) is 0. The van der Waals surface area contributed by atoms with E-state index < -0.39 is 24.7 Å². The van der Waals surface area contributed by atoms with E-state index in [-0.39, 0.29) is 0 Å². The quantitative estimate of drug-likeness (QED) is 0.647. The van der Waals surface area contributed by atoms with Gasteiger partial charge in [-0.25, -0.2) is 0 Å². The summed E-state index contributed by atoms with van der Waals surface area (Å²) in [5.74, 6) is 0. The molecule has 4 heteroatoms. The van der Waals surface area contributed by atoms with Gasteiger partial charge in [0.15, 0.2) is 16.6 Å². The summed E-state index contributed by atoms with van der Waals surface area (Å²) in [5.41, 5.74) is 3.01. The fraction of sp³-hybridized carbons (Fsp3) is 1.00. The van der Waals surface area contributed by atoms with Gasteiger partial charge in [0.1, 0.15) is 0 Å². The minimum absolute atomic E-state index is 0.727. The van der Waals surface area contributed by atoms with Crippen molar-refractivity contribution in [1.29, 1.82) is 0 Å². The van der Waals surface area contributed by atoms with Crippen LogP contribution in [0.4, 0.5) is 0 Å². The Morgan fingerprint density at radius 1 is 1.00 bits per heavy atom. The average molecular weight is 219 g/mol. The van der Waals surface area contributed by atoms with Crippen molar-refractivity contribution in [1.82, 2.24) is 0 Å². The zero-order valence-corrected chi connectivity index (χ0v) is 12.3. The Labute approximate surface area is 79.8 Å². The van der Waals surface area contributed by atoms with Crippen LogP contribution in [0.1, 0.15) is 0 Å². The molecule has 12 heavy (non-hydrogen) atoms. The van der Waals surface area contributed by atoms with Crippen LogP contribution in [0.2, 0.25) is 50.6 Å². The smallest absolute Gasteiger partial charge is 0.171 e. The second-order valence-corrected chi connectivity index (χ2v) is 21.3. The molecule has 1 saturated heterocycles. The first kappa shape index (κ1) is 10.7. The van der Waals surface area contributed by atoms with Crippen LogP contribution in [-0.4, -0.2) is 24.7 Å². The highest BCUT2D eigenvalue weighted by Crippen LogP contribution is 2.41. The average Bonchev–Trinajstić information content (AvgIpc) is 1.48. The van der Waals surface area contributed by atoms with E-state index >= 15 is 0 Å². The van der Waals surface area contributed by atoms with E-state index in [1.54, 1.807) is 0 Å². The van der Waals surface area contributed by atoms with Crippen LogP contribution in [0, 0.1) is 0 Å². The van der Waals surface area contributed by atoms with Crippen molar-refractivity contribution >= 4 is 24.7 Å². The first-order valence-electron chi connectivity index (χ1n) is 4.82. The Hall–Kier alpha value is 0.611. The van der Waals surface area contributed by atoms with Gasteiger partial charge in [0, 0.05) is 8.07 Å². The fourth-order valence-corrected chi connectivity index (χ4v) is 26.4. The van der Waals surface area contributed by atoms with Crippen molar-refractivity contribution in [2.24, 2.45) is 0 Å². The van der Waals surface area contributed by atoms with E-state index in [9.17, 15) is 0 Å². The minimum atomic E-state index is -1.24. The normalized spacial score (nSPS) is 26.5. The Bertz CT molecular complexity index is 175. The zero-order valence-electron chi connectivity index (χ0n) is 9.32. The second-order valence-electron chi connectivity index (χ2n) is 6.18. The van der Waals surface area contributed by atoms with Crippen LogP contribution >= 0.6 is 0 Å². The minimum Gasteiger partial charge on any atom is -0.456 e. The lowest BCUT2D eigenvalue weighted by atomic mass is 11.7. The first-order valence-corrected chi connectivity index (χ1v) is 14.5. The molecule has 1 aliphatic rings. The van der Waals surface area contributed by atoms with Crippen LogP contribution in [0.3, 0.4) is 0 Å². The van der Waals surface area contributed by atoms with Gasteiger partial charge in [-0.3, -0.25) is 0 Å². The third kappa shape index (κ3) is 2.83. The summed E-state index contributed by atoms with van der Waals surface area (Å²) in [4.78, 5) is 0. The molecule has 0 atom stereocenters. The van der Waals surface area contributed by atoms with E-state index in [4.69, 9.17) is 4.12 Å². The SMILES string of the molecule is C[Si]1(C)C[Si](C)(O[Si](C)(C)C)C1. The van der Waals surface area contributed by atoms with Gasteiger partial charge < -0.3 is 4.12 Å². The highest BCUT2D eigenvalue weighted by Gasteiger charge is 2.51. The molecule has 72 valence electrons. The first-order chi connectivity index (χ1) is 5.12. The van der Waals surface area contributed by atoms with Gasteiger partial charge in [-0.1, -0.05) is 13.1 Å². The van der Waals surface area contributed by atoms with Gasteiger partial charge in [-0.05, 0) is 37.5 Å². The maximum atomic E-state index is 6.31. The molecule has 0 saturated carbocycles. The molecular weight excluding hydrogens is 196 g/mol. The second kappa shape index (κ2) is 2.80. The summed E-state index contributed by atoms with van der Waals surface area (Å²) < 4.78 is 6.31. The maximum Gasteiger partial charge on any atom is 0.171 e. The molecule has 0 aromatic carbocycles. The van der Waals surface area contributed by atoms with Gasteiger partial charge >= 0.3 is 0 Å². The Balaban J connectivity index is 2.46. The van der Waals surface area contributed by atoms with Crippen molar-refractivity contribution in [2.75, 3.05) is 0 Å². The highest BCUT2D eigenvalue weighted by atomic mass is 28.5. The molecule has 1 rings (SSSR count). The zero-order chi connectivity index (χ0) is 9.62. The summed E-state index contributed by atoms with van der Waals surface area (Å²) in [6.45, 7) is 14.4. The lowest BCUT2D eigenvalue weighted by molar-refractivity contribution is 0.544. The molecular formula is C8H22OSi3. The van der Waals surface area contributed by atoms with Crippen molar-refractivity contribution in [3.8, 4) is 0 Å². The van der Waals surface area contributed by atoms with Gasteiger partial charge in [0.05, 0.1) is 0 Å². The Morgan fingerprint density at radius 2 is 1.42 bits per heavy atom. The molecule has 0 radical (unpaired) electrons. The lowest BCUT2D eigenvalue weighted by Crippen LogP contribution is -2.62. The molecule has 1 nitrogen and oxygen atoms in total. The molecule has 0 N–H and O–H groups in total. The number of rotatable bonds is 2. The van der Waals surface area contributed by atoms with E-state index in [0.717, 1.165) is 0 Å². The molecule has 0 bridgehead atoms. The highest BCUT2D eigenvalue weighted by molar-refractivity contribution is 7.11. The summed E-state index contributed by atoms with van der Waals surface area (Å²) in [7, 11) is -3.11. The largest absolute Gasteiger partial charge is 0.456 e. The lowest BCUT2D eigenvalue weighted by Gasteiger charge is -2.50. The topological polar surface area (TPSA) is 9.23 Å². The van der Waals surface area contributed by atoms with Crippen LogP contribution in [0.15, 0.2) is 0 Å². The van der Waals surface area contributed by atoms with Crippen LogP contribution < -0.4 is 0 Å². The van der Waals surface area contributed by atoms with E-state index in [1.165, 1.54) is 11.3 Å². The molecule has 0 aliphatic carbocycles. The van der Waals surface area contributed by atoms with E-state index in [0.29, 0.717) is 0 Å². The number of hydrogen-bond acceptors (Lipinski definition) is 1. The van der Waals surface area contributed by atoms with E-state index in [2.05, 4.69) is 39.3 Å². The van der Waals surface area contributed by atoms with Gasteiger partial charge in [-0.2, -0.15) is 0 Å². The molecule has 0 spiro atoms. The maximum absolute atomic E-state index is 6.31. The summed E-state index contributed by atoms with van der Waals surface area (Å²) >= 11 is 0. The van der Waals surface area contributed by atoms with Crippen molar-refractivity contribution in [3.63, 3.8) is 0 Å². The van der Waals surface area contributed by atoms with Gasteiger partial charge in [0.25, 0.3) is 0 Å². The van der Waals surface area contributed by atoms with Crippen molar-refractivity contribution in [2.45, 2.75) is 50.6 Å². The molecule has 0 aromatic heterocycles. The Morgan fingerprint density at radius 3 is 1.67 bits per heavy atom.